The Balaban J connectivity index is 1.91. The molecule has 146 valence electrons. The highest BCUT2D eigenvalue weighted by Gasteiger charge is 2.40. The number of Topliss-reactive ketones (excluding diaryl/α,β-unsaturated/α-hetero) is 1. The summed E-state index contributed by atoms with van der Waals surface area (Å²) in [6.07, 6.45) is 1.57. The number of hydrogen-bond acceptors (Lipinski definition) is 3. The summed E-state index contributed by atoms with van der Waals surface area (Å²) in [5.41, 5.74) is 3.54. The third kappa shape index (κ3) is 4.49. The summed E-state index contributed by atoms with van der Waals surface area (Å²) in [6, 6.07) is 8.09. The Morgan fingerprint density at radius 2 is 1.70 bits per heavy atom. The van der Waals surface area contributed by atoms with Crippen LogP contribution < -0.4 is 10.2 Å². The van der Waals surface area contributed by atoms with E-state index in [1.54, 1.807) is 0 Å². The van der Waals surface area contributed by atoms with Crippen molar-refractivity contribution in [1.29, 1.82) is 0 Å². The molecule has 1 N–H and O–H groups in total. The van der Waals surface area contributed by atoms with E-state index in [2.05, 4.69) is 24.1 Å². The molecule has 0 saturated heterocycles. The number of rotatable bonds is 6. The average Bonchev–Trinajstić information content (AvgIpc) is 2.59. The van der Waals surface area contributed by atoms with Crippen molar-refractivity contribution in [3.05, 3.63) is 41.1 Å². The number of halogens is 2. The monoisotopic (exact) mass is 408 g/mol. The van der Waals surface area contributed by atoms with E-state index in [1.165, 1.54) is 0 Å². The molecular weight excluding hydrogens is 383 g/mol. The number of amides is 1. The molecule has 1 aromatic carbocycles. The van der Waals surface area contributed by atoms with Gasteiger partial charge in [0.05, 0.1) is 0 Å². The van der Waals surface area contributed by atoms with E-state index in [-0.39, 0.29) is 23.0 Å². The summed E-state index contributed by atoms with van der Waals surface area (Å²) >= 11 is 11.8. The summed E-state index contributed by atoms with van der Waals surface area (Å²) in [7, 11) is 0. The van der Waals surface area contributed by atoms with Crippen molar-refractivity contribution in [1.82, 2.24) is 5.32 Å². The first-order chi connectivity index (χ1) is 12.8. The third-order valence-corrected chi connectivity index (χ3v) is 5.66. The number of nitrogens with zero attached hydrogens (tertiary/aromatic N) is 1. The summed E-state index contributed by atoms with van der Waals surface area (Å²) in [4.78, 5) is 27.2. The molecular formula is C21H26Cl2N2O2. The molecule has 3 rings (SSSR count). The van der Waals surface area contributed by atoms with E-state index in [0.717, 1.165) is 42.0 Å². The maximum absolute atomic E-state index is 12.8. The molecule has 1 unspecified atom stereocenters. The van der Waals surface area contributed by atoms with Gasteiger partial charge in [0.2, 0.25) is 5.91 Å². The van der Waals surface area contributed by atoms with Gasteiger partial charge in [-0.25, -0.2) is 0 Å². The van der Waals surface area contributed by atoms with Crippen molar-refractivity contribution in [3.8, 4) is 0 Å². The van der Waals surface area contributed by atoms with E-state index >= 15 is 0 Å². The molecule has 0 bridgehead atoms. The topological polar surface area (TPSA) is 49.4 Å². The van der Waals surface area contributed by atoms with Gasteiger partial charge in [-0.1, -0.05) is 26.0 Å². The van der Waals surface area contributed by atoms with Crippen LogP contribution in [0.25, 0.3) is 0 Å². The minimum Gasteiger partial charge on any atom is -0.369 e. The van der Waals surface area contributed by atoms with E-state index in [4.69, 9.17) is 23.2 Å². The van der Waals surface area contributed by atoms with Crippen LogP contribution >= 0.6 is 23.2 Å². The lowest BCUT2D eigenvalue weighted by molar-refractivity contribution is -0.122. The van der Waals surface area contributed by atoms with Crippen LogP contribution in [0.3, 0.4) is 0 Å². The molecule has 0 saturated carbocycles. The van der Waals surface area contributed by atoms with Gasteiger partial charge >= 0.3 is 0 Å². The Kier molecular flexibility index (Phi) is 6.17. The normalized spacial score (nSPS) is 21.7. The van der Waals surface area contributed by atoms with Crippen molar-refractivity contribution in [2.24, 2.45) is 5.41 Å². The fourth-order valence-electron chi connectivity index (χ4n) is 4.13. The van der Waals surface area contributed by atoms with Gasteiger partial charge in [0.15, 0.2) is 5.78 Å². The van der Waals surface area contributed by atoms with Gasteiger partial charge in [-0.05, 0) is 29.5 Å². The molecule has 2 aliphatic rings. The van der Waals surface area contributed by atoms with Gasteiger partial charge in [0.25, 0.3) is 0 Å². The van der Waals surface area contributed by atoms with E-state index in [0.29, 0.717) is 24.6 Å². The second-order valence-electron chi connectivity index (χ2n) is 8.09. The molecule has 1 amide bonds. The summed E-state index contributed by atoms with van der Waals surface area (Å²) in [5.74, 6) is 1.03. The number of nitrogens with one attached hydrogen (secondary N) is 1. The lowest BCUT2D eigenvalue weighted by Gasteiger charge is -2.38. The van der Waals surface area contributed by atoms with Crippen molar-refractivity contribution >= 4 is 40.6 Å². The van der Waals surface area contributed by atoms with Crippen molar-refractivity contribution in [3.63, 3.8) is 0 Å². The molecule has 27 heavy (non-hydrogen) atoms. The third-order valence-electron chi connectivity index (χ3n) is 5.32. The predicted octanol–water partition coefficient (Wildman–Crippen LogP) is 4.22. The zero-order valence-corrected chi connectivity index (χ0v) is 17.4. The smallest absolute Gasteiger partial charge is 0.225 e. The number of alkyl halides is 2. The zero-order valence-electron chi connectivity index (χ0n) is 15.9. The molecule has 1 aliphatic heterocycles. The number of carbonyl (C=O) groups is 2. The molecule has 1 aromatic rings. The van der Waals surface area contributed by atoms with Crippen LogP contribution in [0.1, 0.15) is 44.6 Å². The number of benzene rings is 1. The van der Waals surface area contributed by atoms with E-state index < -0.39 is 0 Å². The van der Waals surface area contributed by atoms with Crippen molar-refractivity contribution < 1.29 is 9.59 Å². The van der Waals surface area contributed by atoms with Gasteiger partial charge in [-0.2, -0.15) is 0 Å². The second kappa shape index (κ2) is 8.24. The summed E-state index contributed by atoms with van der Waals surface area (Å²) in [5, 5.41) is 2.95. The molecule has 0 fully saturated rings. The highest BCUT2D eigenvalue weighted by molar-refractivity contribution is 6.18. The highest BCUT2D eigenvalue weighted by Crippen LogP contribution is 2.44. The number of ketones is 1. The number of anilines is 1. The molecule has 1 aliphatic carbocycles. The van der Waals surface area contributed by atoms with Gasteiger partial charge in [-0.3, -0.25) is 9.59 Å². The first-order valence-electron chi connectivity index (χ1n) is 9.37. The Labute approximate surface area is 170 Å². The largest absolute Gasteiger partial charge is 0.369 e. The lowest BCUT2D eigenvalue weighted by Crippen LogP contribution is -2.40. The quantitative estimate of drug-likeness (QED) is 0.716. The van der Waals surface area contributed by atoms with Crippen LogP contribution in [0, 0.1) is 5.41 Å². The first-order valence-corrected chi connectivity index (χ1v) is 10.4. The van der Waals surface area contributed by atoms with Gasteiger partial charge in [0, 0.05) is 60.6 Å². The lowest BCUT2D eigenvalue weighted by atomic mass is 9.70. The number of hydrogen-bond donors (Lipinski definition) is 1. The maximum Gasteiger partial charge on any atom is 0.225 e. The summed E-state index contributed by atoms with van der Waals surface area (Å²) < 4.78 is 0. The Morgan fingerprint density at radius 3 is 2.30 bits per heavy atom. The zero-order chi connectivity index (χ0) is 19.6. The molecule has 1 atom stereocenters. The molecule has 0 radical (unpaired) electrons. The fraction of sp³-hybridized carbons (Fsp3) is 0.524. The van der Waals surface area contributed by atoms with Crippen molar-refractivity contribution in [2.75, 3.05) is 29.7 Å². The molecule has 6 heteroatoms. The minimum absolute atomic E-state index is 0.0146. The SMILES string of the molecule is CC1(C)CC(=O)C2=C(C1)NC(=O)CC2c1ccc(N(CCCl)CCCl)cc1. The van der Waals surface area contributed by atoms with E-state index in [1.807, 2.05) is 24.3 Å². The predicted molar refractivity (Wildman–Crippen MR) is 111 cm³/mol. The fourth-order valence-corrected chi connectivity index (χ4v) is 4.54. The van der Waals surface area contributed by atoms with Gasteiger partial charge in [0.1, 0.15) is 0 Å². The van der Waals surface area contributed by atoms with Crippen LogP contribution in [0.15, 0.2) is 35.5 Å². The Morgan fingerprint density at radius 1 is 1.07 bits per heavy atom. The number of allylic oxidation sites excluding steroid dienone is 2. The van der Waals surface area contributed by atoms with Crippen LogP contribution in [-0.2, 0) is 9.59 Å². The molecule has 0 aromatic heterocycles. The molecule has 0 spiro atoms. The van der Waals surface area contributed by atoms with Gasteiger partial charge in [-0.15, -0.1) is 23.2 Å². The van der Waals surface area contributed by atoms with Gasteiger partial charge < -0.3 is 10.2 Å². The highest BCUT2D eigenvalue weighted by atomic mass is 35.5. The Bertz CT molecular complexity index is 750. The van der Waals surface area contributed by atoms with Crippen LogP contribution in [0.4, 0.5) is 5.69 Å². The molecule has 4 nitrogen and oxygen atoms in total. The van der Waals surface area contributed by atoms with Crippen LogP contribution in [-0.4, -0.2) is 36.5 Å². The maximum atomic E-state index is 12.8. The molecule has 1 heterocycles. The van der Waals surface area contributed by atoms with E-state index in [9.17, 15) is 9.59 Å². The van der Waals surface area contributed by atoms with Crippen LogP contribution in [0.2, 0.25) is 0 Å². The minimum atomic E-state index is -0.166. The van der Waals surface area contributed by atoms with Crippen molar-refractivity contribution in [2.45, 2.75) is 39.0 Å². The average molecular weight is 409 g/mol. The summed E-state index contributed by atoms with van der Waals surface area (Å²) in [6.45, 7) is 5.59. The number of carbonyl (C=O) groups excluding carboxylic acids is 2. The first kappa shape index (κ1) is 20.2. The Hall–Kier alpha value is -1.52. The standard InChI is InChI=1S/C21H26Cl2N2O2/c1-21(2)12-17-20(18(26)13-21)16(11-19(27)24-17)14-3-5-15(6-4-14)25(9-7-22)10-8-23/h3-6,16H,7-13H2,1-2H3,(H,24,27). The second-order valence-corrected chi connectivity index (χ2v) is 8.85. The van der Waals surface area contributed by atoms with Crippen LogP contribution in [0.5, 0.6) is 0 Å².